The van der Waals surface area contributed by atoms with Crippen LogP contribution in [0.2, 0.25) is 5.02 Å². The van der Waals surface area contributed by atoms with Gasteiger partial charge in [0.1, 0.15) is 6.04 Å². The maximum atomic E-state index is 11.7. The molecule has 116 valence electrons. The van der Waals surface area contributed by atoms with E-state index in [2.05, 4.69) is 0 Å². The normalized spacial score (nSPS) is 17.3. The van der Waals surface area contributed by atoms with Crippen LogP contribution in [0, 0.1) is 0 Å². The van der Waals surface area contributed by atoms with E-state index in [0.29, 0.717) is 22.1 Å². The molecule has 0 aliphatic carbocycles. The van der Waals surface area contributed by atoms with Crippen LogP contribution in [-0.4, -0.2) is 43.3 Å². The van der Waals surface area contributed by atoms with Gasteiger partial charge in [0.2, 0.25) is 0 Å². The summed E-state index contributed by atoms with van der Waals surface area (Å²) in [6.45, 7) is 1.53. The number of aliphatic carboxylic acids is 1. The smallest absolute Gasteiger partial charge is 0.325 e. The molecule has 21 heavy (non-hydrogen) atoms. The second kappa shape index (κ2) is 7.00. The molecule has 1 aliphatic rings. The molecule has 2 rings (SSSR count). The zero-order valence-electron chi connectivity index (χ0n) is 12.3. The van der Waals surface area contributed by atoms with Crippen molar-refractivity contribution in [3.63, 3.8) is 0 Å². The molecule has 0 aromatic heterocycles. The zero-order chi connectivity index (χ0) is 15.4. The van der Waals surface area contributed by atoms with Crippen molar-refractivity contribution in [2.45, 2.75) is 25.3 Å². The molecular weight excluding hydrogens is 294 g/mol. The maximum Gasteiger partial charge on any atom is 0.325 e. The van der Waals surface area contributed by atoms with Gasteiger partial charge in [-0.05, 0) is 32.0 Å². The molecule has 0 bridgehead atoms. The largest absolute Gasteiger partial charge is 0.493 e. The molecule has 6 heteroatoms. The minimum Gasteiger partial charge on any atom is -0.493 e. The van der Waals surface area contributed by atoms with Gasteiger partial charge >= 0.3 is 5.97 Å². The van der Waals surface area contributed by atoms with E-state index in [4.69, 9.17) is 21.1 Å². The molecule has 0 radical (unpaired) electrons. The Morgan fingerprint density at radius 3 is 2.43 bits per heavy atom. The zero-order valence-corrected chi connectivity index (χ0v) is 13.0. The Labute approximate surface area is 129 Å². The first-order chi connectivity index (χ1) is 10.1. The van der Waals surface area contributed by atoms with Gasteiger partial charge in [-0.25, -0.2) is 0 Å². The summed E-state index contributed by atoms with van der Waals surface area (Å²) in [6, 6.07) is 2.65. The molecular formula is C15H20ClNO4. The lowest BCUT2D eigenvalue weighted by molar-refractivity contribution is -0.144. The van der Waals surface area contributed by atoms with Crippen LogP contribution in [0.1, 0.15) is 30.9 Å². The Morgan fingerprint density at radius 1 is 1.24 bits per heavy atom. The third kappa shape index (κ3) is 3.24. The molecule has 1 saturated heterocycles. The summed E-state index contributed by atoms with van der Waals surface area (Å²) in [5, 5.41) is 9.92. The number of hydrogen-bond acceptors (Lipinski definition) is 4. The molecule has 1 N–H and O–H groups in total. The number of nitrogens with zero attached hydrogens (tertiary/aromatic N) is 1. The first-order valence-corrected chi connectivity index (χ1v) is 7.35. The number of carbonyl (C=O) groups is 1. The highest BCUT2D eigenvalue weighted by molar-refractivity contribution is 6.33. The van der Waals surface area contributed by atoms with Gasteiger partial charge in [-0.15, -0.1) is 0 Å². The molecule has 1 heterocycles. The molecule has 1 aromatic carbocycles. The van der Waals surface area contributed by atoms with Crippen LogP contribution in [0.5, 0.6) is 11.5 Å². The van der Waals surface area contributed by atoms with E-state index in [0.717, 1.165) is 32.4 Å². The Bertz CT molecular complexity index is 515. The summed E-state index contributed by atoms with van der Waals surface area (Å²) in [5.74, 6) is -0.0278. The van der Waals surface area contributed by atoms with Crippen LogP contribution in [0.4, 0.5) is 0 Å². The number of rotatable bonds is 5. The average Bonchev–Trinajstić information content (AvgIpc) is 2.49. The Morgan fingerprint density at radius 2 is 1.90 bits per heavy atom. The molecule has 1 aliphatic heterocycles. The fourth-order valence-electron chi connectivity index (χ4n) is 2.78. The van der Waals surface area contributed by atoms with Crippen molar-refractivity contribution in [3.8, 4) is 11.5 Å². The van der Waals surface area contributed by atoms with Crippen molar-refractivity contribution in [3.05, 3.63) is 22.7 Å². The fraction of sp³-hybridized carbons (Fsp3) is 0.533. The topological polar surface area (TPSA) is 59.0 Å². The van der Waals surface area contributed by atoms with Gasteiger partial charge in [0.25, 0.3) is 0 Å². The molecule has 5 nitrogen and oxygen atoms in total. The van der Waals surface area contributed by atoms with Crippen molar-refractivity contribution >= 4 is 17.6 Å². The van der Waals surface area contributed by atoms with Crippen LogP contribution in [-0.2, 0) is 4.79 Å². The van der Waals surface area contributed by atoms with E-state index >= 15 is 0 Å². The highest BCUT2D eigenvalue weighted by Crippen LogP contribution is 2.41. The van der Waals surface area contributed by atoms with E-state index in [1.54, 1.807) is 12.1 Å². The van der Waals surface area contributed by atoms with E-state index < -0.39 is 12.0 Å². The predicted molar refractivity (Wildman–Crippen MR) is 80.4 cm³/mol. The number of hydrogen-bond donors (Lipinski definition) is 1. The number of carboxylic acid groups (broad SMARTS) is 1. The van der Waals surface area contributed by atoms with Gasteiger partial charge in [0, 0.05) is 5.56 Å². The van der Waals surface area contributed by atoms with Gasteiger partial charge in [0.05, 0.1) is 19.2 Å². The number of halogens is 1. The lowest BCUT2D eigenvalue weighted by Crippen LogP contribution is -2.38. The van der Waals surface area contributed by atoms with E-state index in [1.165, 1.54) is 14.2 Å². The van der Waals surface area contributed by atoms with E-state index in [-0.39, 0.29) is 0 Å². The number of likely N-dealkylation sites (tertiary alicyclic amines) is 1. The number of methoxy groups -OCH3 is 2. The summed E-state index contributed by atoms with van der Waals surface area (Å²) >= 11 is 6.36. The van der Waals surface area contributed by atoms with Gasteiger partial charge in [0.15, 0.2) is 11.5 Å². The minimum absolute atomic E-state index is 0.301. The third-order valence-corrected chi connectivity index (χ3v) is 4.19. The van der Waals surface area contributed by atoms with E-state index in [9.17, 15) is 9.90 Å². The van der Waals surface area contributed by atoms with Crippen LogP contribution >= 0.6 is 11.6 Å². The standard InChI is InChI=1S/C15H20ClNO4/c1-20-11-7-6-10(12(16)14(11)21-2)13(15(18)19)17-8-4-3-5-9-17/h6-7,13H,3-5,8-9H2,1-2H3,(H,18,19). The summed E-state index contributed by atoms with van der Waals surface area (Å²) < 4.78 is 10.4. The number of carboxylic acids is 1. The van der Waals surface area contributed by atoms with Gasteiger partial charge in [-0.2, -0.15) is 0 Å². The Balaban J connectivity index is 2.43. The SMILES string of the molecule is COc1ccc(C(C(=O)O)N2CCCCC2)c(Cl)c1OC. The molecule has 1 fully saturated rings. The Kier molecular flexibility index (Phi) is 5.31. The number of benzene rings is 1. The second-order valence-corrected chi connectivity index (χ2v) is 5.42. The van der Waals surface area contributed by atoms with Crippen LogP contribution in [0.25, 0.3) is 0 Å². The van der Waals surface area contributed by atoms with Crippen molar-refractivity contribution in [1.82, 2.24) is 4.90 Å². The monoisotopic (exact) mass is 313 g/mol. The fourth-order valence-corrected chi connectivity index (χ4v) is 3.11. The molecule has 1 atom stereocenters. The molecule has 0 saturated carbocycles. The number of piperidine rings is 1. The van der Waals surface area contributed by atoms with Crippen LogP contribution in [0.15, 0.2) is 12.1 Å². The summed E-state index contributed by atoms with van der Waals surface area (Å²) in [6.07, 6.45) is 3.16. The maximum absolute atomic E-state index is 11.7. The molecule has 0 spiro atoms. The Hall–Kier alpha value is -1.46. The summed E-state index contributed by atoms with van der Waals surface area (Å²) in [4.78, 5) is 13.7. The van der Waals surface area contributed by atoms with Crippen LogP contribution in [0.3, 0.4) is 0 Å². The van der Waals surface area contributed by atoms with Crippen molar-refractivity contribution < 1.29 is 19.4 Å². The highest BCUT2D eigenvalue weighted by Gasteiger charge is 2.31. The molecule has 1 unspecified atom stereocenters. The van der Waals surface area contributed by atoms with Crippen molar-refractivity contribution in [1.29, 1.82) is 0 Å². The first kappa shape index (κ1) is 15.9. The van der Waals surface area contributed by atoms with E-state index in [1.807, 2.05) is 4.90 Å². The lowest BCUT2D eigenvalue weighted by atomic mass is 10.0. The summed E-state index contributed by atoms with van der Waals surface area (Å²) in [5.41, 5.74) is 0.545. The molecule has 1 aromatic rings. The van der Waals surface area contributed by atoms with Crippen molar-refractivity contribution in [2.75, 3.05) is 27.3 Å². The first-order valence-electron chi connectivity index (χ1n) is 6.97. The average molecular weight is 314 g/mol. The van der Waals surface area contributed by atoms with Crippen molar-refractivity contribution in [2.24, 2.45) is 0 Å². The van der Waals surface area contributed by atoms with Gasteiger partial charge < -0.3 is 14.6 Å². The molecule has 0 amide bonds. The highest BCUT2D eigenvalue weighted by atomic mass is 35.5. The third-order valence-electron chi connectivity index (χ3n) is 3.80. The quantitative estimate of drug-likeness (QED) is 0.905. The lowest BCUT2D eigenvalue weighted by Gasteiger charge is -2.32. The number of ether oxygens (including phenoxy) is 2. The predicted octanol–water partition coefficient (Wildman–Crippen LogP) is 2.97. The van der Waals surface area contributed by atoms with Gasteiger partial charge in [-0.3, -0.25) is 9.69 Å². The van der Waals surface area contributed by atoms with Crippen LogP contribution < -0.4 is 9.47 Å². The second-order valence-electron chi connectivity index (χ2n) is 5.04. The minimum atomic E-state index is -0.897. The van der Waals surface area contributed by atoms with Gasteiger partial charge in [-0.1, -0.05) is 24.1 Å². The summed E-state index contributed by atoms with van der Waals surface area (Å²) in [7, 11) is 3.01.